The van der Waals surface area contributed by atoms with E-state index in [1.165, 1.54) is 13.8 Å². The molecule has 4 heteroatoms. The average Bonchev–Trinajstić information content (AvgIpc) is 2.45. The number of hydrogen-bond acceptors (Lipinski definition) is 4. The van der Waals surface area contributed by atoms with Gasteiger partial charge in [0.15, 0.2) is 0 Å². The van der Waals surface area contributed by atoms with Crippen LogP contribution in [-0.4, -0.2) is 23.1 Å². The molecule has 1 rings (SSSR count). The molecule has 0 aromatic carbocycles. The van der Waals surface area contributed by atoms with Gasteiger partial charge in [-0.05, 0) is 59.8 Å². The largest absolute Gasteiger partial charge is 0.300 e. The summed E-state index contributed by atoms with van der Waals surface area (Å²) in [5.74, 6) is -0.796. The third kappa shape index (κ3) is 4.87. The molecule has 118 valence electrons. The summed E-state index contributed by atoms with van der Waals surface area (Å²) >= 11 is 0. The molecule has 21 heavy (non-hydrogen) atoms. The van der Waals surface area contributed by atoms with Crippen LogP contribution in [0.15, 0.2) is 0 Å². The van der Waals surface area contributed by atoms with Gasteiger partial charge in [-0.3, -0.25) is 19.2 Å². The first-order valence-corrected chi connectivity index (χ1v) is 7.75. The smallest absolute Gasteiger partial charge is 0.133 e. The average molecular weight is 294 g/mol. The second-order valence-corrected chi connectivity index (χ2v) is 6.44. The second-order valence-electron chi connectivity index (χ2n) is 6.44. The van der Waals surface area contributed by atoms with Crippen LogP contribution in [0.3, 0.4) is 0 Å². The van der Waals surface area contributed by atoms with Crippen LogP contribution in [0.25, 0.3) is 0 Å². The normalized spacial score (nSPS) is 30.7. The van der Waals surface area contributed by atoms with Crippen LogP contribution in [0.1, 0.15) is 59.8 Å². The van der Waals surface area contributed by atoms with Gasteiger partial charge in [-0.1, -0.05) is 0 Å². The Hall–Kier alpha value is -1.32. The number of carbonyl (C=O) groups is 4. The Morgan fingerprint density at radius 1 is 0.571 bits per heavy atom. The van der Waals surface area contributed by atoms with Crippen LogP contribution in [-0.2, 0) is 19.2 Å². The number of carbonyl (C=O) groups excluding carboxylic acids is 4. The molecule has 0 heterocycles. The van der Waals surface area contributed by atoms with Crippen molar-refractivity contribution in [2.75, 3.05) is 0 Å². The highest BCUT2D eigenvalue weighted by Gasteiger charge is 2.34. The quantitative estimate of drug-likeness (QED) is 0.799. The first-order valence-electron chi connectivity index (χ1n) is 7.75. The Bertz CT molecular complexity index is 398. The van der Waals surface area contributed by atoms with Gasteiger partial charge in [-0.15, -0.1) is 0 Å². The molecule has 4 unspecified atom stereocenters. The predicted octanol–water partition coefficient (Wildman–Crippen LogP) is 2.77. The van der Waals surface area contributed by atoms with Crippen molar-refractivity contribution in [2.45, 2.75) is 59.8 Å². The van der Waals surface area contributed by atoms with Crippen molar-refractivity contribution in [2.24, 2.45) is 23.7 Å². The van der Waals surface area contributed by atoms with Gasteiger partial charge in [-0.2, -0.15) is 0 Å². The molecule has 0 amide bonds. The van der Waals surface area contributed by atoms with Crippen LogP contribution in [0, 0.1) is 23.7 Å². The van der Waals surface area contributed by atoms with E-state index in [-0.39, 0.29) is 46.8 Å². The Balaban J connectivity index is 3.04. The molecule has 4 atom stereocenters. The second kappa shape index (κ2) is 7.62. The van der Waals surface area contributed by atoms with E-state index < -0.39 is 0 Å². The third-order valence-electron chi connectivity index (χ3n) is 4.90. The van der Waals surface area contributed by atoms with Crippen LogP contribution in [0.4, 0.5) is 0 Å². The van der Waals surface area contributed by atoms with Crippen molar-refractivity contribution in [3.8, 4) is 0 Å². The fourth-order valence-corrected chi connectivity index (χ4v) is 3.45. The number of ketones is 4. The first kappa shape index (κ1) is 17.7. The molecule has 1 aliphatic carbocycles. The molecule has 4 nitrogen and oxygen atoms in total. The summed E-state index contributed by atoms with van der Waals surface area (Å²) in [4.78, 5) is 47.3. The van der Waals surface area contributed by atoms with Gasteiger partial charge >= 0.3 is 0 Å². The lowest BCUT2D eigenvalue weighted by Gasteiger charge is -2.22. The van der Waals surface area contributed by atoms with Gasteiger partial charge in [0.25, 0.3) is 0 Å². The third-order valence-corrected chi connectivity index (χ3v) is 4.90. The van der Waals surface area contributed by atoms with E-state index >= 15 is 0 Å². The van der Waals surface area contributed by atoms with Crippen molar-refractivity contribution in [1.82, 2.24) is 0 Å². The summed E-state index contributed by atoms with van der Waals surface area (Å²) in [5, 5.41) is 0. The first-order chi connectivity index (χ1) is 9.73. The van der Waals surface area contributed by atoms with Crippen molar-refractivity contribution >= 4 is 23.1 Å². The maximum absolute atomic E-state index is 11.9. The van der Waals surface area contributed by atoms with Crippen molar-refractivity contribution < 1.29 is 19.2 Å². The molecule has 1 saturated carbocycles. The van der Waals surface area contributed by atoms with Crippen LogP contribution < -0.4 is 0 Å². The van der Waals surface area contributed by atoms with E-state index in [0.29, 0.717) is 32.1 Å². The minimum absolute atomic E-state index is 0.0128. The summed E-state index contributed by atoms with van der Waals surface area (Å²) in [6.45, 7) is 6.13. The van der Waals surface area contributed by atoms with Gasteiger partial charge in [0.1, 0.15) is 23.1 Å². The van der Waals surface area contributed by atoms with E-state index in [9.17, 15) is 19.2 Å². The van der Waals surface area contributed by atoms with E-state index in [4.69, 9.17) is 0 Å². The minimum Gasteiger partial charge on any atom is -0.300 e. The topological polar surface area (TPSA) is 68.3 Å². The zero-order valence-corrected chi connectivity index (χ0v) is 13.5. The maximum Gasteiger partial charge on any atom is 0.133 e. The van der Waals surface area contributed by atoms with Crippen LogP contribution in [0.2, 0.25) is 0 Å². The lowest BCUT2D eigenvalue weighted by molar-refractivity contribution is -0.131. The lowest BCUT2D eigenvalue weighted by Crippen LogP contribution is -2.28. The van der Waals surface area contributed by atoms with Crippen LogP contribution in [0.5, 0.6) is 0 Å². The Labute approximate surface area is 126 Å². The standard InChI is InChI=1S/C17H26O4/c1-10(18)14-5-7-16(12(3)20)17(13(4)21)8-6-15(9-14)11(2)19/h14-17H,5-9H2,1-4H3. The van der Waals surface area contributed by atoms with E-state index in [2.05, 4.69) is 0 Å². The maximum atomic E-state index is 11.9. The highest BCUT2D eigenvalue weighted by Crippen LogP contribution is 2.34. The molecule has 1 aliphatic rings. The van der Waals surface area contributed by atoms with E-state index in [0.717, 1.165) is 0 Å². The zero-order valence-electron chi connectivity index (χ0n) is 13.5. The summed E-state index contributed by atoms with van der Waals surface area (Å²) in [6, 6.07) is 0. The SMILES string of the molecule is CC(=O)C1CCC(C(C)=O)C(C(C)=O)CCC(C(C)=O)C1. The van der Waals surface area contributed by atoms with Gasteiger partial charge in [-0.25, -0.2) is 0 Å². The van der Waals surface area contributed by atoms with Crippen molar-refractivity contribution in [3.63, 3.8) is 0 Å². The fourth-order valence-electron chi connectivity index (χ4n) is 3.45. The predicted molar refractivity (Wildman–Crippen MR) is 79.8 cm³/mol. The summed E-state index contributed by atoms with van der Waals surface area (Å²) in [6.07, 6.45) is 2.86. The molecule has 0 N–H and O–H groups in total. The zero-order chi connectivity index (χ0) is 16.2. The molecule has 0 radical (unpaired) electrons. The highest BCUT2D eigenvalue weighted by molar-refractivity contribution is 5.88. The molecular formula is C17H26O4. The Morgan fingerprint density at radius 2 is 0.905 bits per heavy atom. The molecule has 0 spiro atoms. The van der Waals surface area contributed by atoms with Gasteiger partial charge in [0.05, 0.1) is 0 Å². The molecule has 1 fully saturated rings. The molecular weight excluding hydrogens is 268 g/mol. The van der Waals surface area contributed by atoms with Crippen molar-refractivity contribution in [1.29, 1.82) is 0 Å². The van der Waals surface area contributed by atoms with Gasteiger partial charge < -0.3 is 0 Å². The Morgan fingerprint density at radius 3 is 1.14 bits per heavy atom. The fraction of sp³-hybridized carbons (Fsp3) is 0.765. The monoisotopic (exact) mass is 294 g/mol. The van der Waals surface area contributed by atoms with Crippen molar-refractivity contribution in [3.05, 3.63) is 0 Å². The molecule has 0 aromatic heterocycles. The van der Waals surface area contributed by atoms with E-state index in [1.807, 2.05) is 0 Å². The number of hydrogen-bond donors (Lipinski definition) is 0. The summed E-state index contributed by atoms with van der Waals surface area (Å²) in [5.41, 5.74) is 0. The highest BCUT2D eigenvalue weighted by atomic mass is 16.1. The number of rotatable bonds is 4. The summed E-state index contributed by atoms with van der Waals surface area (Å²) in [7, 11) is 0. The molecule has 0 aliphatic heterocycles. The molecule has 0 saturated heterocycles. The molecule has 0 bridgehead atoms. The Kier molecular flexibility index (Phi) is 6.43. The van der Waals surface area contributed by atoms with Gasteiger partial charge in [0.2, 0.25) is 0 Å². The van der Waals surface area contributed by atoms with Crippen LogP contribution >= 0.6 is 0 Å². The minimum atomic E-state index is -0.310. The summed E-state index contributed by atoms with van der Waals surface area (Å²) < 4.78 is 0. The van der Waals surface area contributed by atoms with Gasteiger partial charge in [0, 0.05) is 23.7 Å². The molecule has 0 aromatic rings. The number of Topliss-reactive ketones (excluding diaryl/α,β-unsaturated/α-hetero) is 4. The van der Waals surface area contributed by atoms with E-state index in [1.54, 1.807) is 13.8 Å². The lowest BCUT2D eigenvalue weighted by atomic mass is 9.79.